The molecule has 1 aromatic carbocycles. The van der Waals surface area contributed by atoms with Crippen LogP contribution in [0.1, 0.15) is 5.56 Å². The van der Waals surface area contributed by atoms with Crippen LogP contribution in [-0.4, -0.2) is 23.1 Å². The first-order valence-corrected chi connectivity index (χ1v) is 5.64. The van der Waals surface area contributed by atoms with Gasteiger partial charge in [0.15, 0.2) is 17.3 Å². The highest BCUT2D eigenvalue weighted by atomic mass is 16.5. The lowest BCUT2D eigenvalue weighted by molar-refractivity contribution is -0.111. The largest absolute Gasteiger partial charge is 0.508 e. The molecule has 4 nitrogen and oxygen atoms in total. The van der Waals surface area contributed by atoms with Crippen LogP contribution in [0.2, 0.25) is 0 Å². The van der Waals surface area contributed by atoms with Gasteiger partial charge < -0.3 is 14.9 Å². The number of hydrogen-bond acceptors (Lipinski definition) is 4. The van der Waals surface area contributed by atoms with E-state index in [1.807, 2.05) is 0 Å². The van der Waals surface area contributed by atoms with Crippen molar-refractivity contribution in [1.29, 1.82) is 0 Å². The van der Waals surface area contributed by atoms with Crippen LogP contribution in [0, 0.1) is 6.42 Å². The molecule has 1 radical (unpaired) electrons. The van der Waals surface area contributed by atoms with E-state index in [9.17, 15) is 15.0 Å². The number of benzene rings is 1. The molecule has 1 aliphatic carbocycles. The summed E-state index contributed by atoms with van der Waals surface area (Å²) < 4.78 is 5.00. The van der Waals surface area contributed by atoms with Gasteiger partial charge in [-0.2, -0.15) is 0 Å². The van der Waals surface area contributed by atoms with Crippen LogP contribution >= 0.6 is 0 Å². The van der Waals surface area contributed by atoms with Crippen molar-refractivity contribution in [1.82, 2.24) is 0 Å². The minimum Gasteiger partial charge on any atom is -0.508 e. The monoisotopic (exact) mass is 257 g/mol. The van der Waals surface area contributed by atoms with Gasteiger partial charge in [0.1, 0.15) is 5.76 Å². The first-order valence-electron chi connectivity index (χ1n) is 5.64. The molecule has 2 N–H and O–H groups in total. The van der Waals surface area contributed by atoms with Gasteiger partial charge in [-0.05, 0) is 29.3 Å². The van der Waals surface area contributed by atoms with Crippen molar-refractivity contribution in [2.75, 3.05) is 7.11 Å². The average Bonchev–Trinajstić information content (AvgIpc) is 2.36. The third-order valence-electron chi connectivity index (χ3n) is 2.59. The molecule has 19 heavy (non-hydrogen) atoms. The summed E-state index contributed by atoms with van der Waals surface area (Å²) in [5.41, 5.74) is 1.42. The Balaban J connectivity index is 2.19. The van der Waals surface area contributed by atoms with Crippen molar-refractivity contribution < 1.29 is 19.7 Å². The maximum Gasteiger partial charge on any atom is 0.167 e. The number of allylic oxidation sites excluding steroid dienone is 4. The van der Waals surface area contributed by atoms with Gasteiger partial charge in [0.2, 0.25) is 0 Å². The number of phenols is 1. The zero-order chi connectivity index (χ0) is 13.8. The van der Waals surface area contributed by atoms with Crippen molar-refractivity contribution in [2.45, 2.75) is 0 Å². The minimum absolute atomic E-state index is 0.0598. The van der Waals surface area contributed by atoms with E-state index in [2.05, 4.69) is 0 Å². The number of aromatic hydroxyl groups is 1. The number of aliphatic hydroxyl groups is 1. The fourth-order valence-corrected chi connectivity index (χ4v) is 1.69. The Bertz CT molecular complexity index is 594. The van der Waals surface area contributed by atoms with E-state index in [-0.39, 0.29) is 17.3 Å². The van der Waals surface area contributed by atoms with Crippen molar-refractivity contribution >= 4 is 11.9 Å². The van der Waals surface area contributed by atoms with E-state index in [1.54, 1.807) is 24.3 Å². The lowest BCUT2D eigenvalue weighted by Gasteiger charge is -2.06. The molecule has 2 rings (SSSR count). The highest BCUT2D eigenvalue weighted by Crippen LogP contribution is 2.27. The second-order valence-corrected chi connectivity index (χ2v) is 4.02. The fraction of sp³-hybridized carbons (Fsp3) is 0.0667. The molecule has 0 unspecified atom stereocenters. The number of hydrogen-bond donors (Lipinski definition) is 2. The maximum atomic E-state index is 11.2. The van der Waals surface area contributed by atoms with Crippen molar-refractivity contribution in [3.8, 4) is 11.5 Å². The quantitative estimate of drug-likeness (QED) is 0.873. The highest BCUT2D eigenvalue weighted by molar-refractivity contribution is 6.02. The Morgan fingerprint density at radius 3 is 2.63 bits per heavy atom. The molecule has 0 bridgehead atoms. The van der Waals surface area contributed by atoms with E-state index in [0.717, 1.165) is 11.6 Å². The van der Waals surface area contributed by atoms with Gasteiger partial charge in [0, 0.05) is 6.08 Å². The number of carbonyl (C=O) groups excluding carboxylic acids is 1. The second kappa shape index (κ2) is 5.44. The maximum absolute atomic E-state index is 11.2. The minimum atomic E-state index is -0.247. The molecule has 1 aliphatic rings. The molecule has 0 aliphatic heterocycles. The van der Waals surface area contributed by atoms with Crippen LogP contribution in [0.25, 0.3) is 6.08 Å². The number of rotatable bonds is 3. The van der Waals surface area contributed by atoms with Gasteiger partial charge in [-0.25, -0.2) is 0 Å². The summed E-state index contributed by atoms with van der Waals surface area (Å²) in [7, 11) is 1.47. The Kier molecular flexibility index (Phi) is 3.71. The zero-order valence-electron chi connectivity index (χ0n) is 10.3. The van der Waals surface area contributed by atoms with Crippen LogP contribution in [0.4, 0.5) is 0 Å². The standard InChI is InChI=1S/C15H13O4/c1-19-15-8-10(4-5-14(15)18)2-3-11-6-12(16)9-13(17)7-11/h2-9,16,18H,1H3/b3-2+. The number of phenolic OH excluding ortho intramolecular Hbond substituents is 1. The second-order valence-electron chi connectivity index (χ2n) is 4.02. The van der Waals surface area contributed by atoms with Gasteiger partial charge in [-0.1, -0.05) is 18.2 Å². The normalized spacial score (nSPS) is 15.3. The molecule has 0 aromatic heterocycles. The molecule has 0 fully saturated rings. The summed E-state index contributed by atoms with van der Waals surface area (Å²) in [6, 6.07) is 4.92. The number of aliphatic hydroxyl groups excluding tert-OH is 1. The SMILES string of the molecule is COc1cc(/C=C/C2=CC(O)=CC(=O)[CH]2)ccc1O. The average molecular weight is 257 g/mol. The van der Waals surface area contributed by atoms with Crippen molar-refractivity contribution in [2.24, 2.45) is 0 Å². The van der Waals surface area contributed by atoms with Gasteiger partial charge in [-0.3, -0.25) is 4.79 Å². The van der Waals surface area contributed by atoms with Gasteiger partial charge in [-0.15, -0.1) is 0 Å². The molecule has 4 heteroatoms. The summed E-state index contributed by atoms with van der Waals surface area (Å²) in [5.74, 6) is 0.139. The Morgan fingerprint density at radius 2 is 1.95 bits per heavy atom. The van der Waals surface area contributed by atoms with Gasteiger partial charge in [0.05, 0.1) is 13.5 Å². The van der Waals surface area contributed by atoms with E-state index < -0.39 is 0 Å². The van der Waals surface area contributed by atoms with Crippen LogP contribution in [0.15, 0.2) is 47.8 Å². The highest BCUT2D eigenvalue weighted by Gasteiger charge is 2.09. The number of carbonyl (C=O) groups is 1. The first-order chi connectivity index (χ1) is 9.08. The van der Waals surface area contributed by atoms with E-state index in [1.165, 1.54) is 25.7 Å². The third-order valence-corrected chi connectivity index (χ3v) is 2.59. The molecular weight excluding hydrogens is 244 g/mol. The molecule has 0 heterocycles. The number of ether oxygens (including phenoxy) is 1. The first kappa shape index (κ1) is 13.0. The molecular formula is C15H13O4. The predicted octanol–water partition coefficient (Wildman–Crippen LogP) is 2.57. The summed E-state index contributed by atoms with van der Waals surface area (Å²) in [4.78, 5) is 11.2. The topological polar surface area (TPSA) is 66.8 Å². The van der Waals surface area contributed by atoms with Crippen molar-refractivity contribution in [3.05, 3.63) is 59.7 Å². The summed E-state index contributed by atoms with van der Waals surface area (Å²) >= 11 is 0. The molecule has 1 aromatic rings. The molecule has 0 saturated carbocycles. The predicted molar refractivity (Wildman–Crippen MR) is 71.8 cm³/mol. The van der Waals surface area contributed by atoms with Gasteiger partial charge in [0.25, 0.3) is 0 Å². The van der Waals surface area contributed by atoms with Crippen LogP contribution in [0.5, 0.6) is 11.5 Å². The van der Waals surface area contributed by atoms with Crippen LogP contribution in [-0.2, 0) is 4.79 Å². The zero-order valence-corrected chi connectivity index (χ0v) is 10.3. The lowest BCUT2D eigenvalue weighted by Crippen LogP contribution is -2.02. The summed E-state index contributed by atoms with van der Waals surface area (Å²) in [6.45, 7) is 0. The van der Waals surface area contributed by atoms with E-state index >= 15 is 0 Å². The molecule has 0 amide bonds. The number of ketones is 1. The van der Waals surface area contributed by atoms with Crippen LogP contribution < -0.4 is 4.74 Å². The van der Waals surface area contributed by atoms with Crippen LogP contribution in [0.3, 0.4) is 0 Å². The number of methoxy groups -OCH3 is 1. The molecule has 97 valence electrons. The van der Waals surface area contributed by atoms with Gasteiger partial charge >= 0.3 is 0 Å². The van der Waals surface area contributed by atoms with E-state index in [0.29, 0.717) is 11.3 Å². The summed E-state index contributed by atoms with van der Waals surface area (Å²) in [6.07, 6.45) is 7.54. The fourth-order valence-electron chi connectivity index (χ4n) is 1.69. The summed E-state index contributed by atoms with van der Waals surface area (Å²) in [5, 5.41) is 18.8. The Morgan fingerprint density at radius 1 is 1.16 bits per heavy atom. The Hall–Kier alpha value is -2.49. The lowest BCUT2D eigenvalue weighted by atomic mass is 10.0. The van der Waals surface area contributed by atoms with E-state index in [4.69, 9.17) is 4.74 Å². The molecule has 0 spiro atoms. The smallest absolute Gasteiger partial charge is 0.167 e. The Labute approximate surface area is 111 Å². The third kappa shape index (κ3) is 3.25. The molecule has 0 saturated heterocycles. The molecule has 0 atom stereocenters. The van der Waals surface area contributed by atoms with Crippen molar-refractivity contribution in [3.63, 3.8) is 0 Å².